The van der Waals surface area contributed by atoms with Crippen molar-refractivity contribution in [2.24, 2.45) is 5.41 Å². The number of nitrogens with zero attached hydrogens (tertiary/aromatic N) is 1. The van der Waals surface area contributed by atoms with E-state index in [4.69, 9.17) is 16.3 Å². The average molecular weight is 419 g/mol. The minimum atomic E-state index is -4.61. The number of rotatable bonds is 5. The van der Waals surface area contributed by atoms with Crippen LogP contribution in [0, 0.1) is 5.41 Å². The van der Waals surface area contributed by atoms with Crippen molar-refractivity contribution in [3.63, 3.8) is 0 Å². The van der Waals surface area contributed by atoms with E-state index in [9.17, 15) is 18.0 Å². The second kappa shape index (κ2) is 7.59. The molecule has 4 nitrogen and oxygen atoms in total. The molecule has 0 saturated carbocycles. The van der Waals surface area contributed by atoms with Gasteiger partial charge in [0.05, 0.1) is 5.41 Å². The van der Waals surface area contributed by atoms with Crippen LogP contribution in [0.1, 0.15) is 26.5 Å². The summed E-state index contributed by atoms with van der Waals surface area (Å²) in [5.74, 6) is -0.162. The number of nitrogens with one attached hydrogen (secondary N) is 1. The number of halogens is 4. The van der Waals surface area contributed by atoms with Gasteiger partial charge in [0.25, 0.3) is 0 Å². The number of thiol groups is 1. The lowest BCUT2D eigenvalue weighted by Gasteiger charge is -2.39. The molecule has 1 aromatic heterocycles. The first-order valence-corrected chi connectivity index (χ1v) is 8.67. The lowest BCUT2D eigenvalue weighted by Crippen LogP contribution is -2.49. The van der Waals surface area contributed by atoms with Crippen molar-refractivity contribution in [3.05, 3.63) is 53.3 Å². The van der Waals surface area contributed by atoms with E-state index in [-0.39, 0.29) is 5.69 Å². The van der Waals surface area contributed by atoms with Crippen molar-refractivity contribution in [1.29, 1.82) is 0 Å². The van der Waals surface area contributed by atoms with E-state index < -0.39 is 28.1 Å². The van der Waals surface area contributed by atoms with Crippen LogP contribution >= 0.6 is 24.2 Å². The summed E-state index contributed by atoms with van der Waals surface area (Å²) in [5.41, 5.74) is -2.34. The molecule has 1 amide bonds. The Kier molecular flexibility index (Phi) is 6.01. The number of alkyl halides is 3. The maximum absolute atomic E-state index is 12.8. The Balaban J connectivity index is 2.20. The van der Waals surface area contributed by atoms with E-state index in [0.29, 0.717) is 10.8 Å². The third-order valence-electron chi connectivity index (χ3n) is 4.15. The second-order valence-electron chi connectivity index (χ2n) is 6.55. The van der Waals surface area contributed by atoms with E-state index >= 15 is 0 Å². The fourth-order valence-corrected chi connectivity index (χ4v) is 2.44. The summed E-state index contributed by atoms with van der Waals surface area (Å²) < 4.78 is 44.2. The van der Waals surface area contributed by atoms with Crippen LogP contribution in [0.3, 0.4) is 0 Å². The van der Waals surface area contributed by atoms with Gasteiger partial charge in [-0.2, -0.15) is 13.2 Å². The number of anilines is 1. The topological polar surface area (TPSA) is 51.2 Å². The molecule has 27 heavy (non-hydrogen) atoms. The Morgan fingerprint density at radius 1 is 1.19 bits per heavy atom. The number of hydrogen-bond acceptors (Lipinski definition) is 4. The van der Waals surface area contributed by atoms with E-state index in [1.807, 2.05) is 0 Å². The van der Waals surface area contributed by atoms with E-state index in [1.165, 1.54) is 6.07 Å². The van der Waals surface area contributed by atoms with Crippen molar-refractivity contribution in [1.82, 2.24) is 4.98 Å². The minimum absolute atomic E-state index is 0.0257. The maximum Gasteiger partial charge on any atom is 0.433 e. The second-order valence-corrected chi connectivity index (χ2v) is 7.84. The zero-order valence-corrected chi connectivity index (χ0v) is 16.4. The molecule has 0 aliphatic carbocycles. The van der Waals surface area contributed by atoms with Gasteiger partial charge in [0.2, 0.25) is 5.91 Å². The van der Waals surface area contributed by atoms with Crippen LogP contribution in [0.2, 0.25) is 5.02 Å². The van der Waals surface area contributed by atoms with Crippen LogP contribution in [0.15, 0.2) is 42.6 Å². The predicted molar refractivity (Wildman–Crippen MR) is 101 cm³/mol. The number of carbonyl (C=O) groups excluding carboxylic acids is 1. The molecule has 1 N–H and O–H groups in total. The molecule has 146 valence electrons. The molecule has 1 unspecified atom stereocenters. The molecule has 0 saturated heterocycles. The zero-order valence-electron chi connectivity index (χ0n) is 14.8. The van der Waals surface area contributed by atoms with Crippen molar-refractivity contribution < 1.29 is 22.7 Å². The maximum atomic E-state index is 12.8. The summed E-state index contributed by atoms with van der Waals surface area (Å²) in [6.07, 6.45) is -3.63. The van der Waals surface area contributed by atoms with E-state index in [0.717, 1.165) is 12.3 Å². The van der Waals surface area contributed by atoms with Gasteiger partial charge in [0.15, 0.2) is 4.93 Å². The molecular weight excluding hydrogens is 401 g/mol. The lowest BCUT2D eigenvalue weighted by molar-refractivity contribution is -0.141. The smallest absolute Gasteiger partial charge is 0.433 e. The molecule has 9 heteroatoms. The molecule has 1 heterocycles. The quantitative estimate of drug-likeness (QED) is 0.502. The van der Waals surface area contributed by atoms with Gasteiger partial charge in [-0.05, 0) is 51.1 Å². The van der Waals surface area contributed by atoms with E-state index in [2.05, 4.69) is 22.9 Å². The first-order chi connectivity index (χ1) is 12.3. The lowest BCUT2D eigenvalue weighted by atomic mass is 9.85. The summed E-state index contributed by atoms with van der Waals surface area (Å²) in [6.45, 7) is 4.74. The highest BCUT2D eigenvalue weighted by Gasteiger charge is 2.46. The molecule has 0 aliphatic heterocycles. The highest BCUT2D eigenvalue weighted by Crippen LogP contribution is 2.40. The molecule has 2 aromatic rings. The number of carbonyl (C=O) groups is 1. The zero-order chi connectivity index (χ0) is 20.5. The average Bonchev–Trinajstić information content (AvgIpc) is 2.53. The van der Waals surface area contributed by atoms with Gasteiger partial charge in [-0.1, -0.05) is 17.7 Å². The predicted octanol–water partition coefficient (Wildman–Crippen LogP) is 5.44. The Morgan fingerprint density at radius 2 is 1.85 bits per heavy atom. The molecule has 0 bridgehead atoms. The molecule has 0 radical (unpaired) electrons. The molecule has 1 atom stereocenters. The monoisotopic (exact) mass is 418 g/mol. The number of amides is 1. The van der Waals surface area contributed by atoms with Crippen LogP contribution in [0.25, 0.3) is 0 Å². The van der Waals surface area contributed by atoms with Crippen molar-refractivity contribution in [3.8, 4) is 5.75 Å². The van der Waals surface area contributed by atoms with Crippen LogP contribution in [-0.2, 0) is 11.0 Å². The fraction of sp³-hybridized carbons (Fsp3) is 0.333. The van der Waals surface area contributed by atoms with Gasteiger partial charge in [-0.25, -0.2) is 0 Å². The van der Waals surface area contributed by atoms with Gasteiger partial charge in [0, 0.05) is 16.9 Å². The van der Waals surface area contributed by atoms with Crippen LogP contribution in [0.4, 0.5) is 18.9 Å². The van der Waals surface area contributed by atoms with Gasteiger partial charge in [-0.3, -0.25) is 9.78 Å². The Bertz CT molecular complexity index is 841. The Hall–Kier alpha value is -1.93. The number of hydrogen-bond donors (Lipinski definition) is 2. The number of aromatic nitrogens is 1. The van der Waals surface area contributed by atoms with Crippen LogP contribution in [0.5, 0.6) is 5.75 Å². The summed E-state index contributed by atoms with van der Waals surface area (Å²) in [7, 11) is 0. The third kappa shape index (κ3) is 5.07. The molecule has 1 aromatic carbocycles. The summed E-state index contributed by atoms with van der Waals surface area (Å²) in [6, 6.07) is 8.63. The SMILES string of the molecule is CC(S)(Oc1cccc(Cl)c1)C(C)(C)C(=O)Nc1ccnc(C(F)(F)F)c1. The normalized spacial score (nSPS) is 14.4. The first kappa shape index (κ1) is 21.4. The molecule has 0 spiro atoms. The number of benzene rings is 1. The van der Waals surface area contributed by atoms with Gasteiger partial charge in [-0.15, -0.1) is 12.6 Å². The first-order valence-electron chi connectivity index (χ1n) is 7.84. The van der Waals surface area contributed by atoms with E-state index in [1.54, 1.807) is 45.0 Å². The highest BCUT2D eigenvalue weighted by molar-refractivity contribution is 7.81. The van der Waals surface area contributed by atoms with Crippen molar-refractivity contribution in [2.45, 2.75) is 31.9 Å². The summed E-state index contributed by atoms with van der Waals surface area (Å²) in [4.78, 5) is 14.7. The summed E-state index contributed by atoms with van der Waals surface area (Å²) in [5, 5.41) is 2.92. The Morgan fingerprint density at radius 3 is 2.44 bits per heavy atom. The highest BCUT2D eigenvalue weighted by atomic mass is 35.5. The fourth-order valence-electron chi connectivity index (χ4n) is 2.05. The van der Waals surface area contributed by atoms with Gasteiger partial charge in [0.1, 0.15) is 11.4 Å². The van der Waals surface area contributed by atoms with Crippen LogP contribution in [-0.4, -0.2) is 15.8 Å². The molecular formula is C18H18ClF3N2O2S. The number of pyridine rings is 1. The molecule has 0 aliphatic rings. The van der Waals surface area contributed by atoms with Gasteiger partial charge >= 0.3 is 6.18 Å². The standard InChI is InChI=1S/C18H18ClF3N2O2S/c1-16(2,17(3,27)26-13-6-4-5-11(19)9-13)15(25)24-12-7-8-23-14(10-12)18(20,21)22/h4-10,27H,1-3H3,(H,23,24,25). The molecule has 0 fully saturated rings. The van der Waals surface area contributed by atoms with Gasteiger partial charge < -0.3 is 10.1 Å². The van der Waals surface area contributed by atoms with Crippen molar-refractivity contribution in [2.75, 3.05) is 5.32 Å². The minimum Gasteiger partial charge on any atom is -0.476 e. The number of ether oxygens (including phenoxy) is 1. The van der Waals surface area contributed by atoms with Crippen molar-refractivity contribution >= 4 is 35.8 Å². The molecule has 2 rings (SSSR count). The van der Waals surface area contributed by atoms with Crippen LogP contribution < -0.4 is 10.1 Å². The summed E-state index contributed by atoms with van der Waals surface area (Å²) >= 11 is 10.4. The largest absolute Gasteiger partial charge is 0.476 e. The Labute approximate surface area is 165 Å². The third-order valence-corrected chi connectivity index (χ3v) is 5.03.